The second-order valence-electron chi connectivity index (χ2n) is 10.4. The van der Waals surface area contributed by atoms with Crippen molar-refractivity contribution in [2.45, 2.75) is 64.3 Å². The van der Waals surface area contributed by atoms with Gasteiger partial charge in [0.1, 0.15) is 11.2 Å². The molecule has 0 unspecified atom stereocenters. The molecule has 38 heavy (non-hydrogen) atoms. The Morgan fingerprint density at radius 3 is 2.58 bits per heavy atom. The maximum Gasteiger partial charge on any atom is 0.269 e. The molecule has 200 valence electrons. The van der Waals surface area contributed by atoms with E-state index in [1.165, 1.54) is 42.2 Å². The van der Waals surface area contributed by atoms with Gasteiger partial charge < -0.3 is 20.4 Å². The molecule has 0 spiro atoms. The lowest BCUT2D eigenvalue weighted by atomic mass is 9.91. The van der Waals surface area contributed by atoms with Crippen LogP contribution in [-0.2, 0) is 12.5 Å². The summed E-state index contributed by atoms with van der Waals surface area (Å²) in [4.78, 5) is 16.9. The highest BCUT2D eigenvalue weighted by atomic mass is 19.3. The minimum absolute atomic E-state index is 0.0776. The van der Waals surface area contributed by atoms with Crippen molar-refractivity contribution in [2.75, 3.05) is 5.32 Å². The van der Waals surface area contributed by atoms with E-state index in [9.17, 15) is 8.78 Å². The summed E-state index contributed by atoms with van der Waals surface area (Å²) in [5, 5.41) is 8.08. The van der Waals surface area contributed by atoms with Gasteiger partial charge in [0.2, 0.25) is 5.95 Å². The normalized spacial score (nSPS) is 15.1. The van der Waals surface area contributed by atoms with E-state index in [1.807, 2.05) is 6.07 Å². The fraction of sp³-hybridized carbons (Fsp3) is 0.423. The number of imidazole rings is 1. The average molecular weight is 524 g/mol. The van der Waals surface area contributed by atoms with Crippen LogP contribution >= 0.6 is 0 Å². The summed E-state index contributed by atoms with van der Waals surface area (Å²) >= 11 is 0. The van der Waals surface area contributed by atoms with Crippen LogP contribution in [0.5, 0.6) is 5.75 Å². The van der Waals surface area contributed by atoms with Crippen molar-refractivity contribution < 1.29 is 13.5 Å². The van der Waals surface area contributed by atoms with E-state index in [4.69, 9.17) is 15.6 Å². The van der Waals surface area contributed by atoms with Crippen molar-refractivity contribution in [3.8, 4) is 5.75 Å². The lowest BCUT2D eigenvalue weighted by Crippen LogP contribution is -2.20. The number of aromatic nitrogens is 7. The number of nitrogens with two attached hydrogens (primary N) is 1. The molecule has 1 aliphatic carbocycles. The van der Waals surface area contributed by atoms with Gasteiger partial charge in [0, 0.05) is 42.8 Å². The first-order valence-electron chi connectivity index (χ1n) is 12.5. The summed E-state index contributed by atoms with van der Waals surface area (Å²) in [6.45, 7) is 6.46. The minimum Gasteiger partial charge on any atom is -0.451 e. The quantitative estimate of drug-likeness (QED) is 0.310. The Balaban J connectivity index is 1.52. The van der Waals surface area contributed by atoms with E-state index in [0.717, 1.165) is 24.7 Å². The maximum atomic E-state index is 14.4. The molecule has 0 radical (unpaired) electrons. The zero-order valence-electron chi connectivity index (χ0n) is 21.8. The molecule has 0 aliphatic heterocycles. The third-order valence-electron chi connectivity index (χ3n) is 6.72. The molecule has 1 fully saturated rings. The molecule has 0 saturated heterocycles. The molecule has 0 aromatic carbocycles. The van der Waals surface area contributed by atoms with E-state index in [-0.39, 0.29) is 33.7 Å². The third kappa shape index (κ3) is 4.77. The molecule has 5 rings (SSSR count). The van der Waals surface area contributed by atoms with Crippen LogP contribution in [0.3, 0.4) is 0 Å². The van der Waals surface area contributed by atoms with E-state index >= 15 is 0 Å². The summed E-state index contributed by atoms with van der Waals surface area (Å²) in [6.07, 6.45) is 8.42. The lowest BCUT2D eigenvalue weighted by molar-refractivity contribution is 0.149. The maximum absolute atomic E-state index is 14.4. The van der Waals surface area contributed by atoms with Gasteiger partial charge in [0.15, 0.2) is 23.0 Å². The Hall–Kier alpha value is -4.09. The predicted molar refractivity (Wildman–Crippen MR) is 140 cm³/mol. The number of alkyl halides is 2. The number of halogens is 2. The Bertz CT molecular complexity index is 1470. The number of nitrogens with zero attached hydrogens (tertiary/aromatic N) is 7. The Morgan fingerprint density at radius 2 is 1.95 bits per heavy atom. The summed E-state index contributed by atoms with van der Waals surface area (Å²) in [5.41, 5.74) is 6.94. The van der Waals surface area contributed by atoms with Gasteiger partial charge in [0.05, 0.1) is 24.0 Å². The molecule has 10 nitrogen and oxygen atoms in total. The average Bonchev–Trinajstić information content (AvgIpc) is 3.63. The van der Waals surface area contributed by atoms with Crippen molar-refractivity contribution in [3.63, 3.8) is 0 Å². The van der Waals surface area contributed by atoms with Gasteiger partial charge in [-0.3, -0.25) is 9.67 Å². The van der Waals surface area contributed by atoms with Crippen LogP contribution in [0.2, 0.25) is 0 Å². The second-order valence-corrected chi connectivity index (χ2v) is 10.4. The Labute approximate surface area is 219 Å². The van der Waals surface area contributed by atoms with Gasteiger partial charge in [-0.15, -0.1) is 0 Å². The highest BCUT2D eigenvalue weighted by Gasteiger charge is 2.29. The molecule has 0 bridgehead atoms. The van der Waals surface area contributed by atoms with E-state index in [1.54, 1.807) is 7.05 Å². The fourth-order valence-electron chi connectivity index (χ4n) is 4.86. The molecule has 4 heterocycles. The molecule has 1 aliphatic rings. The molecule has 12 heteroatoms. The molecule has 4 aromatic rings. The fourth-order valence-corrected chi connectivity index (χ4v) is 4.86. The van der Waals surface area contributed by atoms with Crippen LogP contribution in [0.1, 0.15) is 75.9 Å². The zero-order chi connectivity index (χ0) is 27.0. The van der Waals surface area contributed by atoms with E-state index in [0.29, 0.717) is 23.5 Å². The first kappa shape index (κ1) is 25.6. The van der Waals surface area contributed by atoms with Gasteiger partial charge in [-0.25, -0.2) is 18.7 Å². The van der Waals surface area contributed by atoms with Crippen LogP contribution in [-0.4, -0.2) is 34.3 Å². The number of nitrogens with one attached hydrogen (secondary N) is 1. The summed E-state index contributed by atoms with van der Waals surface area (Å²) < 4.78 is 38.3. The summed E-state index contributed by atoms with van der Waals surface area (Å²) in [5.74, 6) is 0.872. The monoisotopic (exact) mass is 523 g/mol. The van der Waals surface area contributed by atoms with Crippen LogP contribution in [0, 0.1) is 0 Å². The van der Waals surface area contributed by atoms with Gasteiger partial charge >= 0.3 is 0 Å². The van der Waals surface area contributed by atoms with Crippen molar-refractivity contribution in [2.24, 2.45) is 12.8 Å². The predicted octanol–water partition coefficient (Wildman–Crippen LogP) is 5.38. The molecule has 0 atom stereocenters. The van der Waals surface area contributed by atoms with Crippen LogP contribution in [0.25, 0.3) is 16.9 Å². The summed E-state index contributed by atoms with van der Waals surface area (Å²) in [6, 6.07) is 2.36. The van der Waals surface area contributed by atoms with Gasteiger partial charge in [-0.1, -0.05) is 33.6 Å². The van der Waals surface area contributed by atoms with Crippen LogP contribution in [0.4, 0.5) is 20.5 Å². The number of hydrogen-bond acceptors (Lipinski definition) is 8. The molecular weight excluding hydrogens is 492 g/mol. The first-order valence-corrected chi connectivity index (χ1v) is 12.5. The number of hydrogen-bond donors (Lipinski definition) is 2. The highest BCUT2D eigenvalue weighted by Crippen LogP contribution is 2.39. The van der Waals surface area contributed by atoms with Gasteiger partial charge in [0.25, 0.3) is 6.43 Å². The van der Waals surface area contributed by atoms with Crippen LogP contribution in [0.15, 0.2) is 37.1 Å². The lowest BCUT2D eigenvalue weighted by Gasteiger charge is -2.23. The van der Waals surface area contributed by atoms with Crippen LogP contribution < -0.4 is 15.8 Å². The van der Waals surface area contributed by atoms with Crippen molar-refractivity contribution in [3.05, 3.63) is 54.0 Å². The molecule has 3 N–H and O–H groups in total. The second kappa shape index (κ2) is 9.99. The topological polar surface area (TPSA) is 122 Å². The van der Waals surface area contributed by atoms with Gasteiger partial charge in [-0.2, -0.15) is 10.1 Å². The Morgan fingerprint density at radius 1 is 1.18 bits per heavy atom. The zero-order valence-corrected chi connectivity index (χ0v) is 21.8. The molecular formula is C26H31F2N9O. The van der Waals surface area contributed by atoms with Crippen molar-refractivity contribution in [1.29, 1.82) is 0 Å². The smallest absolute Gasteiger partial charge is 0.269 e. The number of pyridine rings is 1. The van der Waals surface area contributed by atoms with E-state index in [2.05, 4.69) is 50.7 Å². The SMILES string of the molecule is Cn1c(Nc2cc(C(C)(C)C)n(C3CCCC3)n2)nc2ncc(OC(=CN)c3cnccn3)c(C(F)F)c21. The van der Waals surface area contributed by atoms with Gasteiger partial charge in [-0.05, 0) is 12.8 Å². The molecule has 0 amide bonds. The number of rotatable bonds is 7. The van der Waals surface area contributed by atoms with Crippen molar-refractivity contribution >= 4 is 28.7 Å². The summed E-state index contributed by atoms with van der Waals surface area (Å²) in [7, 11) is 1.65. The standard InChI is InChI=1S/C26H31F2N9O/c1-26(2,3)19-11-20(35-37(19)15-7-5-6-8-15)33-25-34-24-22(36(25)4)21(23(27)28)18(14-32-24)38-17(12-29)16-13-30-9-10-31-16/h9-15,23H,5-8,29H2,1-4H3,(H,32,33,34,35). The number of anilines is 2. The molecule has 4 aromatic heterocycles. The van der Waals surface area contributed by atoms with Crippen molar-refractivity contribution in [1.82, 2.24) is 34.3 Å². The highest BCUT2D eigenvalue weighted by molar-refractivity contribution is 5.82. The number of aryl methyl sites for hydroxylation is 1. The minimum atomic E-state index is -2.87. The largest absolute Gasteiger partial charge is 0.451 e. The number of ether oxygens (including phenoxy) is 1. The molecule has 1 saturated carbocycles. The Kier molecular flexibility index (Phi) is 6.72. The number of fused-ring (bicyclic) bond motifs is 1. The first-order chi connectivity index (χ1) is 18.2. The third-order valence-corrected chi connectivity index (χ3v) is 6.72. The van der Waals surface area contributed by atoms with E-state index < -0.39 is 6.43 Å².